The first-order valence-electron chi connectivity index (χ1n) is 7.01. The first-order chi connectivity index (χ1) is 10.0. The Morgan fingerprint density at radius 2 is 1.86 bits per heavy atom. The number of piperidine rings is 1. The van der Waals surface area contributed by atoms with Crippen molar-refractivity contribution in [2.45, 2.75) is 19.4 Å². The van der Waals surface area contributed by atoms with Gasteiger partial charge in [0.15, 0.2) is 0 Å². The van der Waals surface area contributed by atoms with Crippen LogP contribution in [0.15, 0.2) is 24.3 Å². The Morgan fingerprint density at radius 3 is 2.43 bits per heavy atom. The number of carbonyl (C=O) groups excluding carboxylic acids is 1. The molecule has 1 aliphatic rings. The van der Waals surface area contributed by atoms with Gasteiger partial charge in [-0.25, -0.2) is 0 Å². The lowest BCUT2D eigenvalue weighted by Crippen LogP contribution is -2.42. The minimum atomic E-state index is -0.734. The maximum absolute atomic E-state index is 11.9. The molecule has 0 aromatic heterocycles. The average Bonchev–Trinajstić information content (AvgIpc) is 2.47. The van der Waals surface area contributed by atoms with Crippen LogP contribution in [0.1, 0.15) is 18.4 Å². The van der Waals surface area contributed by atoms with Crippen LogP contribution in [0.2, 0.25) is 5.02 Å². The zero-order valence-corrected chi connectivity index (χ0v) is 12.5. The van der Waals surface area contributed by atoms with E-state index < -0.39 is 5.97 Å². The van der Waals surface area contributed by atoms with E-state index in [1.165, 1.54) is 0 Å². The molecule has 2 rings (SSSR count). The number of likely N-dealkylation sites (tertiary alicyclic amines) is 1. The molecular formula is C15H19ClN2O3. The van der Waals surface area contributed by atoms with Gasteiger partial charge in [0.05, 0.1) is 12.5 Å². The summed E-state index contributed by atoms with van der Waals surface area (Å²) in [6.07, 6.45) is 1.22. The molecule has 6 heteroatoms. The Hall–Kier alpha value is -1.59. The Labute approximate surface area is 128 Å². The summed E-state index contributed by atoms with van der Waals surface area (Å²) >= 11 is 5.80. The SMILES string of the molecule is O=C(CN1CCC(C(=O)O)CC1)NCc1ccc(Cl)cc1. The van der Waals surface area contributed by atoms with Crippen molar-refractivity contribution in [2.24, 2.45) is 5.92 Å². The van der Waals surface area contributed by atoms with Crippen molar-refractivity contribution < 1.29 is 14.7 Å². The van der Waals surface area contributed by atoms with Crippen LogP contribution in [0.4, 0.5) is 0 Å². The molecule has 1 saturated heterocycles. The highest BCUT2D eigenvalue weighted by atomic mass is 35.5. The quantitative estimate of drug-likeness (QED) is 0.869. The van der Waals surface area contributed by atoms with Crippen molar-refractivity contribution in [3.63, 3.8) is 0 Å². The molecule has 0 radical (unpaired) electrons. The molecule has 1 aromatic carbocycles. The van der Waals surface area contributed by atoms with Crippen LogP contribution in [0.3, 0.4) is 0 Å². The van der Waals surface area contributed by atoms with Gasteiger partial charge >= 0.3 is 5.97 Å². The number of benzene rings is 1. The molecule has 1 aliphatic heterocycles. The van der Waals surface area contributed by atoms with Gasteiger partial charge in [0.1, 0.15) is 0 Å². The zero-order chi connectivity index (χ0) is 15.2. The van der Waals surface area contributed by atoms with E-state index in [4.69, 9.17) is 16.7 Å². The minimum Gasteiger partial charge on any atom is -0.481 e. The molecule has 0 atom stereocenters. The number of rotatable bonds is 5. The number of carboxylic acids is 1. The number of amides is 1. The van der Waals surface area contributed by atoms with Gasteiger partial charge in [-0.05, 0) is 43.6 Å². The summed E-state index contributed by atoms with van der Waals surface area (Å²) in [6, 6.07) is 7.33. The third kappa shape index (κ3) is 5.02. The second-order valence-electron chi connectivity index (χ2n) is 5.29. The first kappa shape index (κ1) is 15.8. The molecule has 1 aromatic rings. The lowest BCUT2D eigenvalue weighted by molar-refractivity contribution is -0.143. The molecule has 1 amide bonds. The maximum atomic E-state index is 11.9. The van der Waals surface area contributed by atoms with Crippen molar-refractivity contribution in [1.82, 2.24) is 10.2 Å². The van der Waals surface area contributed by atoms with Crippen LogP contribution in [0.25, 0.3) is 0 Å². The van der Waals surface area contributed by atoms with E-state index in [1.54, 1.807) is 12.1 Å². The summed E-state index contributed by atoms with van der Waals surface area (Å²) < 4.78 is 0. The van der Waals surface area contributed by atoms with Crippen molar-refractivity contribution in [3.05, 3.63) is 34.9 Å². The van der Waals surface area contributed by atoms with E-state index >= 15 is 0 Å². The molecular weight excluding hydrogens is 292 g/mol. The highest BCUT2D eigenvalue weighted by Gasteiger charge is 2.25. The summed E-state index contributed by atoms with van der Waals surface area (Å²) in [5.41, 5.74) is 0.998. The summed E-state index contributed by atoms with van der Waals surface area (Å²) in [5.74, 6) is -1.04. The van der Waals surface area contributed by atoms with Gasteiger partial charge in [0, 0.05) is 11.6 Å². The van der Waals surface area contributed by atoms with Crippen LogP contribution < -0.4 is 5.32 Å². The number of carboxylic acid groups (broad SMARTS) is 1. The molecule has 2 N–H and O–H groups in total. The fourth-order valence-electron chi connectivity index (χ4n) is 2.40. The Bertz CT molecular complexity index is 496. The Kier molecular flexibility index (Phi) is 5.59. The van der Waals surface area contributed by atoms with Crippen LogP contribution in [0.5, 0.6) is 0 Å². The minimum absolute atomic E-state index is 0.0428. The van der Waals surface area contributed by atoms with E-state index in [1.807, 2.05) is 17.0 Å². The summed E-state index contributed by atoms with van der Waals surface area (Å²) in [6.45, 7) is 2.11. The van der Waals surface area contributed by atoms with Gasteiger partial charge in [-0.3, -0.25) is 14.5 Å². The van der Waals surface area contributed by atoms with Crippen molar-refractivity contribution in [2.75, 3.05) is 19.6 Å². The van der Waals surface area contributed by atoms with Crippen molar-refractivity contribution >= 4 is 23.5 Å². The smallest absolute Gasteiger partial charge is 0.306 e. The second kappa shape index (κ2) is 7.43. The highest BCUT2D eigenvalue weighted by Crippen LogP contribution is 2.16. The van der Waals surface area contributed by atoms with Crippen LogP contribution in [0, 0.1) is 5.92 Å². The number of aliphatic carboxylic acids is 1. The van der Waals surface area contributed by atoms with E-state index in [-0.39, 0.29) is 11.8 Å². The molecule has 5 nitrogen and oxygen atoms in total. The highest BCUT2D eigenvalue weighted by molar-refractivity contribution is 6.30. The molecule has 114 valence electrons. The second-order valence-corrected chi connectivity index (χ2v) is 5.73. The number of nitrogens with zero attached hydrogens (tertiary/aromatic N) is 1. The van der Waals surface area contributed by atoms with E-state index in [0.29, 0.717) is 44.0 Å². The fraction of sp³-hybridized carbons (Fsp3) is 0.467. The monoisotopic (exact) mass is 310 g/mol. The van der Waals surface area contributed by atoms with Gasteiger partial charge in [-0.1, -0.05) is 23.7 Å². The largest absolute Gasteiger partial charge is 0.481 e. The van der Waals surface area contributed by atoms with Crippen LogP contribution >= 0.6 is 11.6 Å². The van der Waals surface area contributed by atoms with E-state index in [0.717, 1.165) is 5.56 Å². The summed E-state index contributed by atoms with van der Waals surface area (Å²) in [5, 5.41) is 12.5. The van der Waals surface area contributed by atoms with Gasteiger partial charge in [0.2, 0.25) is 5.91 Å². The molecule has 1 fully saturated rings. The lowest BCUT2D eigenvalue weighted by Gasteiger charge is -2.29. The summed E-state index contributed by atoms with van der Waals surface area (Å²) in [4.78, 5) is 24.7. The molecule has 0 bridgehead atoms. The third-order valence-corrected chi connectivity index (χ3v) is 3.96. The fourth-order valence-corrected chi connectivity index (χ4v) is 2.53. The number of carbonyl (C=O) groups is 2. The molecule has 0 spiro atoms. The average molecular weight is 311 g/mol. The standard InChI is InChI=1S/C15H19ClN2O3/c16-13-3-1-11(2-4-13)9-17-14(19)10-18-7-5-12(6-8-18)15(20)21/h1-4,12H,5-10H2,(H,17,19)(H,20,21). The Balaban J connectivity index is 1.70. The lowest BCUT2D eigenvalue weighted by atomic mass is 9.97. The normalized spacial score (nSPS) is 16.6. The Morgan fingerprint density at radius 1 is 1.24 bits per heavy atom. The van der Waals surface area contributed by atoms with Gasteiger partial charge in [-0.15, -0.1) is 0 Å². The molecule has 21 heavy (non-hydrogen) atoms. The number of halogens is 1. The molecule has 0 unspecified atom stereocenters. The van der Waals surface area contributed by atoms with E-state index in [9.17, 15) is 9.59 Å². The molecule has 0 aliphatic carbocycles. The molecule has 0 saturated carbocycles. The number of hydrogen-bond donors (Lipinski definition) is 2. The van der Waals surface area contributed by atoms with Crippen molar-refractivity contribution in [1.29, 1.82) is 0 Å². The number of hydrogen-bond acceptors (Lipinski definition) is 3. The van der Waals surface area contributed by atoms with Crippen LogP contribution in [-0.2, 0) is 16.1 Å². The predicted octanol–water partition coefficient (Wildman–Crippen LogP) is 1.75. The summed E-state index contributed by atoms with van der Waals surface area (Å²) in [7, 11) is 0. The first-order valence-corrected chi connectivity index (χ1v) is 7.38. The topological polar surface area (TPSA) is 69.6 Å². The van der Waals surface area contributed by atoms with Crippen molar-refractivity contribution in [3.8, 4) is 0 Å². The van der Waals surface area contributed by atoms with Gasteiger partial charge < -0.3 is 10.4 Å². The zero-order valence-electron chi connectivity index (χ0n) is 11.7. The predicted molar refractivity (Wildman–Crippen MR) is 80.1 cm³/mol. The number of nitrogens with one attached hydrogen (secondary N) is 1. The van der Waals surface area contributed by atoms with Crippen LogP contribution in [-0.4, -0.2) is 41.5 Å². The molecule has 1 heterocycles. The third-order valence-electron chi connectivity index (χ3n) is 3.71. The van der Waals surface area contributed by atoms with Gasteiger partial charge in [0.25, 0.3) is 0 Å². The van der Waals surface area contributed by atoms with E-state index in [2.05, 4.69) is 5.32 Å². The maximum Gasteiger partial charge on any atom is 0.306 e. The van der Waals surface area contributed by atoms with Gasteiger partial charge in [-0.2, -0.15) is 0 Å².